The number of hydrogen-bond donors (Lipinski definition) is 2. The van der Waals surface area contributed by atoms with Crippen LogP contribution in [-0.2, 0) is 26.7 Å². The highest BCUT2D eigenvalue weighted by Gasteiger charge is 2.42. The lowest BCUT2D eigenvalue weighted by Crippen LogP contribution is -2.38. The fourth-order valence-corrected chi connectivity index (χ4v) is 6.81. The molecule has 0 radical (unpaired) electrons. The van der Waals surface area contributed by atoms with Crippen LogP contribution in [0, 0.1) is 5.92 Å². The molecule has 1 aliphatic carbocycles. The van der Waals surface area contributed by atoms with Crippen molar-refractivity contribution in [3.63, 3.8) is 0 Å². The summed E-state index contributed by atoms with van der Waals surface area (Å²) in [6.45, 7) is -0.0000527. The number of carbonyl (C=O) groups excluding carboxylic acids is 2. The van der Waals surface area contributed by atoms with Crippen molar-refractivity contribution in [3.8, 4) is 11.1 Å². The van der Waals surface area contributed by atoms with E-state index < -0.39 is 41.3 Å². The quantitative estimate of drug-likeness (QED) is 0.211. The molecule has 4 rings (SSSR count). The molecular weight excluding hydrogens is 602 g/mol. The molecule has 1 saturated heterocycles. The minimum Gasteiger partial charge on any atom is -0.481 e. The number of carbonyl (C=O) groups is 3. The normalized spacial score (nSPS) is 20.9. The Morgan fingerprint density at radius 1 is 1.05 bits per heavy atom. The summed E-state index contributed by atoms with van der Waals surface area (Å²) in [6, 6.07) is 2.43. The van der Waals surface area contributed by atoms with Gasteiger partial charge in [0.1, 0.15) is 4.32 Å². The summed E-state index contributed by atoms with van der Waals surface area (Å²) < 4.78 is 79.8. The van der Waals surface area contributed by atoms with Crippen molar-refractivity contribution < 1.29 is 45.8 Å². The van der Waals surface area contributed by atoms with Gasteiger partial charge in [-0.15, -0.1) is 11.3 Å². The smallest absolute Gasteiger partial charge is 0.416 e. The number of thioether (sulfide) groups is 1. The fourth-order valence-electron chi connectivity index (χ4n) is 4.49. The second-order valence-corrected chi connectivity index (χ2v) is 11.8. The molecule has 1 saturated carbocycles. The first-order valence-electron chi connectivity index (χ1n) is 11.8. The predicted molar refractivity (Wildman–Crippen MR) is 141 cm³/mol. The monoisotopic (exact) mass is 622 g/mol. The van der Waals surface area contributed by atoms with Crippen LogP contribution in [0.15, 0.2) is 34.6 Å². The Hall–Kier alpha value is -2.91. The molecule has 1 aliphatic heterocycles. The van der Waals surface area contributed by atoms with Gasteiger partial charge in [-0.3, -0.25) is 19.3 Å². The molecule has 6 nitrogen and oxygen atoms in total. The molecule has 2 atom stereocenters. The molecule has 15 heteroatoms. The number of alkyl halides is 6. The van der Waals surface area contributed by atoms with E-state index in [4.69, 9.17) is 17.3 Å². The number of carboxylic acids is 1. The average molecular weight is 623 g/mol. The van der Waals surface area contributed by atoms with Crippen LogP contribution in [0.5, 0.6) is 0 Å². The highest BCUT2D eigenvalue weighted by molar-refractivity contribution is 8.26. The third-order valence-corrected chi connectivity index (χ3v) is 8.63. The summed E-state index contributed by atoms with van der Waals surface area (Å²) in [5.41, 5.74) is -2.96. The lowest BCUT2D eigenvalue weighted by atomic mass is 10.0. The van der Waals surface area contributed by atoms with Crippen molar-refractivity contribution in [1.29, 1.82) is 0 Å². The number of aliphatic carboxylic acids is 1. The van der Waals surface area contributed by atoms with E-state index in [-0.39, 0.29) is 51.3 Å². The second kappa shape index (κ2) is 11.5. The van der Waals surface area contributed by atoms with Gasteiger partial charge >= 0.3 is 18.3 Å². The second-order valence-electron chi connectivity index (χ2n) is 9.18. The summed E-state index contributed by atoms with van der Waals surface area (Å²) in [5, 5.41) is 12.7. The van der Waals surface area contributed by atoms with E-state index in [9.17, 15) is 40.7 Å². The Balaban J connectivity index is 1.49. The number of halogens is 6. The predicted octanol–water partition coefficient (Wildman–Crippen LogP) is 6.41. The maximum Gasteiger partial charge on any atom is 0.416 e. The van der Waals surface area contributed by atoms with Crippen molar-refractivity contribution >= 4 is 63.5 Å². The topological polar surface area (TPSA) is 86.7 Å². The molecule has 1 aromatic carbocycles. The maximum atomic E-state index is 13.2. The summed E-state index contributed by atoms with van der Waals surface area (Å²) in [6.07, 6.45) is -7.32. The van der Waals surface area contributed by atoms with Crippen LogP contribution in [0.25, 0.3) is 17.2 Å². The molecule has 2 aromatic rings. The third kappa shape index (κ3) is 6.86. The third-order valence-electron chi connectivity index (χ3n) is 6.42. The molecule has 2 N–H and O–H groups in total. The van der Waals surface area contributed by atoms with E-state index in [0.717, 1.165) is 23.1 Å². The van der Waals surface area contributed by atoms with E-state index in [0.29, 0.717) is 36.3 Å². The highest BCUT2D eigenvalue weighted by Crippen LogP contribution is 2.42. The average Bonchev–Trinajstić information content (AvgIpc) is 3.57. The van der Waals surface area contributed by atoms with Gasteiger partial charge in [-0.05, 0) is 66.1 Å². The van der Waals surface area contributed by atoms with Gasteiger partial charge < -0.3 is 10.4 Å². The molecule has 2 aliphatic rings. The largest absolute Gasteiger partial charge is 0.481 e. The van der Waals surface area contributed by atoms with E-state index in [1.807, 2.05) is 0 Å². The fraction of sp³-hybridized carbons (Fsp3) is 0.360. The van der Waals surface area contributed by atoms with E-state index in [1.165, 1.54) is 22.4 Å². The summed E-state index contributed by atoms with van der Waals surface area (Å²) in [7, 11) is 0. The van der Waals surface area contributed by atoms with Crippen molar-refractivity contribution in [2.75, 3.05) is 6.54 Å². The Morgan fingerprint density at radius 2 is 1.70 bits per heavy atom. The number of amides is 2. The van der Waals surface area contributed by atoms with Crippen molar-refractivity contribution in [3.05, 3.63) is 50.6 Å². The lowest BCUT2D eigenvalue weighted by Gasteiger charge is -2.22. The van der Waals surface area contributed by atoms with Gasteiger partial charge in [-0.2, -0.15) is 26.3 Å². The van der Waals surface area contributed by atoms with Crippen molar-refractivity contribution in [2.24, 2.45) is 5.92 Å². The van der Waals surface area contributed by atoms with Crippen LogP contribution in [0.2, 0.25) is 0 Å². The molecule has 1 aromatic heterocycles. The number of thiophene rings is 1. The van der Waals surface area contributed by atoms with Gasteiger partial charge in [0, 0.05) is 23.4 Å². The summed E-state index contributed by atoms with van der Waals surface area (Å²) in [5.74, 6) is -2.13. The number of rotatable bonds is 7. The van der Waals surface area contributed by atoms with E-state index in [1.54, 1.807) is 0 Å². The maximum absolute atomic E-state index is 13.2. The number of hydrogen-bond acceptors (Lipinski definition) is 6. The number of nitrogens with one attached hydrogen (secondary N) is 1. The van der Waals surface area contributed by atoms with Crippen LogP contribution in [0.3, 0.4) is 0 Å². The van der Waals surface area contributed by atoms with Gasteiger partial charge in [0.25, 0.3) is 5.91 Å². The van der Waals surface area contributed by atoms with Crippen LogP contribution in [-0.4, -0.2) is 44.7 Å². The molecule has 214 valence electrons. The van der Waals surface area contributed by atoms with Crippen molar-refractivity contribution in [2.45, 2.75) is 44.1 Å². The Kier molecular flexibility index (Phi) is 8.66. The first-order chi connectivity index (χ1) is 18.6. The first-order valence-corrected chi connectivity index (χ1v) is 13.9. The molecule has 2 amide bonds. The van der Waals surface area contributed by atoms with Gasteiger partial charge in [0.15, 0.2) is 0 Å². The number of benzene rings is 1. The highest BCUT2D eigenvalue weighted by atomic mass is 32.2. The van der Waals surface area contributed by atoms with Gasteiger partial charge in [0.2, 0.25) is 5.91 Å². The summed E-state index contributed by atoms with van der Waals surface area (Å²) in [4.78, 5) is 38.2. The van der Waals surface area contributed by atoms with Crippen molar-refractivity contribution in [1.82, 2.24) is 10.2 Å². The Labute approximate surface area is 237 Å². The van der Waals surface area contributed by atoms with Gasteiger partial charge in [-0.1, -0.05) is 24.0 Å². The summed E-state index contributed by atoms with van der Waals surface area (Å²) >= 11 is 7.45. The van der Waals surface area contributed by atoms with E-state index in [2.05, 4.69) is 5.32 Å². The minimum atomic E-state index is -4.97. The first kappa shape index (κ1) is 30.1. The number of nitrogens with zero attached hydrogens (tertiary/aromatic N) is 1. The minimum absolute atomic E-state index is 0.0000527. The number of thiocarbonyl (C=S) groups is 1. The van der Waals surface area contributed by atoms with Crippen LogP contribution < -0.4 is 5.32 Å². The number of carboxylic acid groups (broad SMARTS) is 1. The van der Waals surface area contributed by atoms with Gasteiger partial charge in [0.05, 0.1) is 22.5 Å². The molecule has 0 spiro atoms. The van der Waals surface area contributed by atoms with E-state index >= 15 is 0 Å². The molecule has 40 heavy (non-hydrogen) atoms. The zero-order valence-corrected chi connectivity index (χ0v) is 22.7. The van der Waals surface area contributed by atoms with Gasteiger partial charge in [-0.25, -0.2) is 0 Å². The molecule has 0 unspecified atom stereocenters. The van der Waals surface area contributed by atoms with Crippen LogP contribution in [0.1, 0.15) is 41.7 Å². The zero-order valence-electron chi connectivity index (χ0n) is 20.3. The molecule has 2 fully saturated rings. The molecular formula is C25H20F6N2O4S3. The molecule has 0 bridgehead atoms. The lowest BCUT2D eigenvalue weighted by molar-refractivity contribution is -0.143. The van der Waals surface area contributed by atoms with Crippen LogP contribution >= 0.6 is 35.3 Å². The Morgan fingerprint density at radius 3 is 2.30 bits per heavy atom. The van der Waals surface area contributed by atoms with Crippen LogP contribution in [0.4, 0.5) is 26.3 Å². The Bertz CT molecular complexity index is 1350. The molecule has 2 heterocycles. The standard InChI is InChI=1S/C25H20F6N2O4S3/c26-24(27,28)15-5-13(6-16(9-15)25(29,30)31)14-8-18(39-11-14)10-19-22(37)33(23(38)40-19)17-2-1-12(7-17)21(36)32-4-3-20(34)35/h5-6,8-12,17H,1-4,7H2,(H,32,36)(H,34,35)/b19-10-/t12-,17+/m1/s1. The zero-order chi connectivity index (χ0) is 29.4. The SMILES string of the molecule is O=C(O)CCNC(=O)[C@@H]1CC[C@H](N2C(=O)/C(=C/c3cc(-c4cc(C(F)(F)F)cc(C(F)(F)F)c4)cs3)SC2=S)C1.